The Bertz CT molecular complexity index is 1640. The molecule has 1 amide bonds. The zero-order chi connectivity index (χ0) is 26.6. The number of H-pyrrole nitrogens is 1. The number of likely N-dealkylation sites (tertiary alicyclic amines) is 1. The van der Waals surface area contributed by atoms with Crippen LogP contribution in [-0.2, 0) is 11.3 Å². The maximum atomic E-state index is 12.6. The molecule has 3 aromatic heterocycles. The molecular formula is C31H28N6O2. The third-order valence-electron chi connectivity index (χ3n) is 7.26. The Labute approximate surface area is 225 Å². The standard InChI is InChI=1S/C31H28N6O2/c38-30(36-28-11-14-32-20-34-28)24-12-16-37(17-13-24)19-21-6-8-23(9-7-21)29-25(22-4-2-1-3-5-22)18-26-27(35-29)10-15-33-31(26)39/h1-11,14-15,18,20,24H,12-13,16-17,19H2,(H,33,39)(H,32,34,36,38). The molecule has 1 fully saturated rings. The molecule has 1 aliphatic rings. The normalized spacial score (nSPS) is 14.4. The average Bonchev–Trinajstić information content (AvgIpc) is 2.98. The summed E-state index contributed by atoms with van der Waals surface area (Å²) < 4.78 is 0. The summed E-state index contributed by atoms with van der Waals surface area (Å²) in [5.41, 5.74) is 5.52. The zero-order valence-corrected chi connectivity index (χ0v) is 21.4. The summed E-state index contributed by atoms with van der Waals surface area (Å²) in [5.74, 6) is 0.554. The van der Waals surface area contributed by atoms with Crippen LogP contribution in [0.15, 0.2) is 96.3 Å². The number of fused-ring (bicyclic) bond motifs is 1. The minimum atomic E-state index is -0.144. The van der Waals surface area contributed by atoms with Gasteiger partial charge in [0.1, 0.15) is 12.1 Å². The number of carbonyl (C=O) groups is 1. The number of hydrogen-bond donors (Lipinski definition) is 2. The topological polar surface area (TPSA) is 104 Å². The van der Waals surface area contributed by atoms with Gasteiger partial charge in [-0.1, -0.05) is 54.6 Å². The molecule has 0 aliphatic carbocycles. The van der Waals surface area contributed by atoms with Crippen LogP contribution in [-0.4, -0.2) is 43.8 Å². The summed E-state index contributed by atoms with van der Waals surface area (Å²) in [6, 6.07) is 24.0. The number of rotatable bonds is 6. The highest BCUT2D eigenvalue weighted by Gasteiger charge is 2.25. The molecule has 1 saturated heterocycles. The van der Waals surface area contributed by atoms with Gasteiger partial charge in [-0.3, -0.25) is 14.5 Å². The summed E-state index contributed by atoms with van der Waals surface area (Å²) in [6.45, 7) is 2.55. The minimum absolute atomic E-state index is 0.0128. The lowest BCUT2D eigenvalue weighted by Gasteiger charge is -2.31. The molecule has 0 saturated carbocycles. The van der Waals surface area contributed by atoms with Gasteiger partial charge in [-0.2, -0.15) is 0 Å². The Morgan fingerprint density at radius 2 is 1.77 bits per heavy atom. The van der Waals surface area contributed by atoms with Gasteiger partial charge < -0.3 is 10.3 Å². The van der Waals surface area contributed by atoms with Gasteiger partial charge in [0.25, 0.3) is 5.56 Å². The van der Waals surface area contributed by atoms with E-state index in [-0.39, 0.29) is 17.4 Å². The Morgan fingerprint density at radius 3 is 2.51 bits per heavy atom. The molecule has 2 aromatic carbocycles. The number of amides is 1. The van der Waals surface area contributed by atoms with Gasteiger partial charge >= 0.3 is 0 Å². The number of pyridine rings is 2. The number of nitrogens with zero attached hydrogens (tertiary/aromatic N) is 4. The van der Waals surface area contributed by atoms with Crippen LogP contribution < -0.4 is 10.9 Å². The smallest absolute Gasteiger partial charge is 0.257 e. The summed E-state index contributed by atoms with van der Waals surface area (Å²) in [4.78, 5) is 43.1. The quantitative estimate of drug-likeness (QED) is 0.333. The largest absolute Gasteiger partial charge is 0.328 e. The Kier molecular flexibility index (Phi) is 6.93. The lowest BCUT2D eigenvalue weighted by atomic mass is 9.95. The van der Waals surface area contributed by atoms with Crippen molar-refractivity contribution in [1.82, 2.24) is 24.8 Å². The van der Waals surface area contributed by atoms with Crippen molar-refractivity contribution in [1.29, 1.82) is 0 Å². The highest BCUT2D eigenvalue weighted by molar-refractivity contribution is 5.92. The first kappa shape index (κ1) is 24.6. The molecule has 8 nitrogen and oxygen atoms in total. The molecule has 1 aliphatic heterocycles. The van der Waals surface area contributed by atoms with Crippen LogP contribution in [0.4, 0.5) is 5.82 Å². The highest BCUT2D eigenvalue weighted by atomic mass is 16.2. The van der Waals surface area contributed by atoms with Crippen LogP contribution in [0.5, 0.6) is 0 Å². The van der Waals surface area contributed by atoms with Crippen LogP contribution in [0.1, 0.15) is 18.4 Å². The predicted octanol–water partition coefficient (Wildman–Crippen LogP) is 4.90. The van der Waals surface area contributed by atoms with Gasteiger partial charge in [-0.05, 0) is 55.3 Å². The molecule has 0 atom stereocenters. The third-order valence-corrected chi connectivity index (χ3v) is 7.26. The molecule has 0 spiro atoms. The number of anilines is 1. The second-order valence-corrected chi connectivity index (χ2v) is 9.82. The number of aromatic nitrogens is 4. The predicted molar refractivity (Wildman–Crippen MR) is 152 cm³/mol. The van der Waals surface area contributed by atoms with E-state index in [1.165, 1.54) is 11.9 Å². The molecule has 2 N–H and O–H groups in total. The summed E-state index contributed by atoms with van der Waals surface area (Å²) in [5, 5.41) is 3.47. The molecule has 8 heteroatoms. The number of nitrogens with one attached hydrogen (secondary N) is 2. The lowest BCUT2D eigenvalue weighted by molar-refractivity contribution is -0.121. The second kappa shape index (κ2) is 11.0. The molecule has 6 rings (SSSR count). The van der Waals surface area contributed by atoms with Crippen molar-refractivity contribution < 1.29 is 4.79 Å². The van der Waals surface area contributed by atoms with Crippen LogP contribution in [0, 0.1) is 5.92 Å². The molecule has 194 valence electrons. The number of piperidine rings is 1. The molecule has 0 unspecified atom stereocenters. The van der Waals surface area contributed by atoms with Gasteiger partial charge in [0.15, 0.2) is 0 Å². The number of benzene rings is 2. The number of hydrogen-bond acceptors (Lipinski definition) is 6. The van der Waals surface area contributed by atoms with Crippen molar-refractivity contribution >= 4 is 22.6 Å². The van der Waals surface area contributed by atoms with Crippen molar-refractivity contribution in [3.8, 4) is 22.4 Å². The van der Waals surface area contributed by atoms with Crippen LogP contribution in [0.25, 0.3) is 33.3 Å². The molecule has 39 heavy (non-hydrogen) atoms. The van der Waals surface area contributed by atoms with Gasteiger partial charge in [-0.15, -0.1) is 0 Å². The summed E-state index contributed by atoms with van der Waals surface area (Å²) in [7, 11) is 0. The van der Waals surface area contributed by atoms with Crippen LogP contribution >= 0.6 is 0 Å². The number of aromatic amines is 1. The Balaban J connectivity index is 1.16. The van der Waals surface area contributed by atoms with Gasteiger partial charge in [0.2, 0.25) is 5.91 Å². The van der Waals surface area contributed by atoms with Gasteiger partial charge in [0, 0.05) is 36.0 Å². The van der Waals surface area contributed by atoms with E-state index in [4.69, 9.17) is 4.98 Å². The molecule has 5 aromatic rings. The fraction of sp³-hybridized carbons (Fsp3) is 0.194. The van der Waals surface area contributed by atoms with Crippen LogP contribution in [0.3, 0.4) is 0 Å². The monoisotopic (exact) mass is 516 g/mol. The van der Waals surface area contributed by atoms with E-state index in [1.54, 1.807) is 18.5 Å². The van der Waals surface area contributed by atoms with Crippen molar-refractivity contribution in [2.75, 3.05) is 18.4 Å². The fourth-order valence-corrected chi connectivity index (χ4v) is 5.14. The van der Waals surface area contributed by atoms with E-state index < -0.39 is 0 Å². The average molecular weight is 517 g/mol. The van der Waals surface area contributed by atoms with Gasteiger partial charge in [-0.25, -0.2) is 15.0 Å². The highest BCUT2D eigenvalue weighted by Crippen LogP contribution is 2.33. The molecular weight excluding hydrogens is 488 g/mol. The van der Waals surface area contributed by atoms with Crippen molar-refractivity contribution in [3.05, 3.63) is 107 Å². The molecule has 0 bridgehead atoms. The number of carbonyl (C=O) groups excluding carboxylic acids is 1. The van der Waals surface area contributed by atoms with E-state index in [1.807, 2.05) is 42.5 Å². The van der Waals surface area contributed by atoms with Crippen molar-refractivity contribution in [2.45, 2.75) is 19.4 Å². The summed E-state index contributed by atoms with van der Waals surface area (Å²) in [6.07, 6.45) is 6.32. The summed E-state index contributed by atoms with van der Waals surface area (Å²) >= 11 is 0. The van der Waals surface area contributed by atoms with E-state index in [0.717, 1.165) is 54.9 Å². The van der Waals surface area contributed by atoms with Crippen molar-refractivity contribution in [3.63, 3.8) is 0 Å². The second-order valence-electron chi connectivity index (χ2n) is 9.82. The molecule has 0 radical (unpaired) electrons. The maximum absolute atomic E-state index is 12.6. The molecule has 4 heterocycles. The first-order valence-electron chi connectivity index (χ1n) is 13.1. The Hall–Kier alpha value is -4.69. The minimum Gasteiger partial charge on any atom is -0.328 e. The SMILES string of the molecule is O=C(Nc1ccncn1)C1CCN(Cc2ccc(-c3nc4cc[nH]c(=O)c4cc3-c3ccccc3)cc2)CC1. The zero-order valence-electron chi connectivity index (χ0n) is 21.4. The first-order chi connectivity index (χ1) is 19.1. The Morgan fingerprint density at radius 1 is 0.974 bits per heavy atom. The van der Waals surface area contributed by atoms with Gasteiger partial charge in [0.05, 0.1) is 16.6 Å². The van der Waals surface area contributed by atoms with E-state index in [2.05, 4.69) is 49.4 Å². The fourth-order valence-electron chi connectivity index (χ4n) is 5.14. The van der Waals surface area contributed by atoms with E-state index >= 15 is 0 Å². The van der Waals surface area contributed by atoms with Crippen molar-refractivity contribution in [2.24, 2.45) is 5.92 Å². The van der Waals surface area contributed by atoms with Crippen LogP contribution in [0.2, 0.25) is 0 Å². The van der Waals surface area contributed by atoms with E-state index in [9.17, 15) is 9.59 Å². The lowest BCUT2D eigenvalue weighted by Crippen LogP contribution is -2.37. The third kappa shape index (κ3) is 5.46. The maximum Gasteiger partial charge on any atom is 0.257 e. The van der Waals surface area contributed by atoms with E-state index in [0.29, 0.717) is 16.7 Å². The first-order valence-corrected chi connectivity index (χ1v) is 13.1.